The first-order valence-corrected chi connectivity index (χ1v) is 19.1. The second kappa shape index (κ2) is 21.5. The number of carbonyl (C=O) groups excluding carboxylic acids is 6. The molecular weight excluding hydrogens is 664 g/mol. The Kier molecular flexibility index (Phi) is 18.3. The molecule has 5 atom stereocenters. The van der Waals surface area contributed by atoms with Crippen molar-refractivity contribution < 1.29 is 38.2 Å². The molecule has 0 radical (unpaired) electrons. The van der Waals surface area contributed by atoms with E-state index in [0.29, 0.717) is 37.4 Å². The van der Waals surface area contributed by atoms with Gasteiger partial charge in [-0.1, -0.05) is 84.4 Å². The van der Waals surface area contributed by atoms with E-state index in [9.17, 15) is 28.8 Å². The Morgan fingerprint density at radius 2 is 1.40 bits per heavy atom. The van der Waals surface area contributed by atoms with Crippen molar-refractivity contribution in [2.45, 2.75) is 162 Å². The standard InChI is InChI=1S/C40H64N4O8/c1-9-28(4)34(44-38(50)51-30-18-14-13-15-19-30)37(49)42-31(21-23-33(46)52-39(6,7)8)36(48)41-29(5)35(47)43-32(22-20-27(2)3)40(26-45)24-16-11-10-12-17-25-40/h13-15,18-19,26-29,31-32,34H,9-12,16-17,20-25H2,1-8H3,(H,41,48)(H,42,49)(H,43,47)(H,44,50)/t28-,29-,31-,32-,34-/m0/s1. The second-order valence-corrected chi connectivity index (χ2v) is 15.8. The molecule has 1 aliphatic carbocycles. The lowest BCUT2D eigenvalue weighted by atomic mass is 9.70. The molecular formula is C40H64N4O8. The molecule has 0 saturated heterocycles. The number of hydrogen-bond donors (Lipinski definition) is 4. The minimum Gasteiger partial charge on any atom is -0.460 e. The predicted octanol–water partition coefficient (Wildman–Crippen LogP) is 6.15. The topological polar surface area (TPSA) is 169 Å². The highest BCUT2D eigenvalue weighted by Gasteiger charge is 2.40. The van der Waals surface area contributed by atoms with Gasteiger partial charge in [0.2, 0.25) is 17.7 Å². The third-order valence-corrected chi connectivity index (χ3v) is 9.73. The van der Waals surface area contributed by atoms with Crippen molar-refractivity contribution in [1.82, 2.24) is 21.3 Å². The van der Waals surface area contributed by atoms with Crippen molar-refractivity contribution in [2.24, 2.45) is 17.3 Å². The van der Waals surface area contributed by atoms with Crippen molar-refractivity contribution >= 4 is 36.1 Å². The number of para-hydroxylation sites is 1. The number of ether oxygens (including phenoxy) is 2. The molecule has 0 bridgehead atoms. The van der Waals surface area contributed by atoms with Crippen LogP contribution in [0.25, 0.3) is 0 Å². The Balaban J connectivity index is 2.26. The van der Waals surface area contributed by atoms with Gasteiger partial charge >= 0.3 is 12.1 Å². The summed E-state index contributed by atoms with van der Waals surface area (Å²) in [5.74, 6) is -1.99. The summed E-state index contributed by atoms with van der Waals surface area (Å²) in [4.78, 5) is 79.4. The van der Waals surface area contributed by atoms with E-state index in [4.69, 9.17) is 9.47 Å². The van der Waals surface area contributed by atoms with E-state index in [1.807, 2.05) is 6.92 Å². The summed E-state index contributed by atoms with van der Waals surface area (Å²) in [5.41, 5.74) is -1.44. The summed E-state index contributed by atoms with van der Waals surface area (Å²) in [6, 6.07) is 4.70. The fourth-order valence-electron chi connectivity index (χ4n) is 6.43. The third-order valence-electron chi connectivity index (χ3n) is 9.73. The highest BCUT2D eigenvalue weighted by atomic mass is 16.6. The maximum absolute atomic E-state index is 13.8. The molecule has 0 heterocycles. The van der Waals surface area contributed by atoms with Crippen LogP contribution >= 0.6 is 0 Å². The Morgan fingerprint density at radius 1 is 0.788 bits per heavy atom. The first-order valence-electron chi connectivity index (χ1n) is 19.1. The van der Waals surface area contributed by atoms with Gasteiger partial charge in [-0.15, -0.1) is 0 Å². The van der Waals surface area contributed by atoms with Gasteiger partial charge in [-0.2, -0.15) is 0 Å². The van der Waals surface area contributed by atoms with E-state index in [2.05, 4.69) is 35.1 Å². The van der Waals surface area contributed by atoms with Crippen LogP contribution in [0.1, 0.15) is 132 Å². The molecule has 2 rings (SSSR count). The average Bonchev–Trinajstić information content (AvgIpc) is 3.06. The van der Waals surface area contributed by atoms with Crippen molar-refractivity contribution in [3.05, 3.63) is 30.3 Å². The third kappa shape index (κ3) is 15.3. The zero-order valence-corrected chi connectivity index (χ0v) is 32.7. The molecule has 12 heteroatoms. The summed E-state index contributed by atoms with van der Waals surface area (Å²) in [6.45, 7) is 14.6. The van der Waals surface area contributed by atoms with E-state index < -0.39 is 65.0 Å². The van der Waals surface area contributed by atoms with Gasteiger partial charge in [0.1, 0.15) is 35.8 Å². The zero-order valence-electron chi connectivity index (χ0n) is 32.7. The molecule has 0 aromatic heterocycles. The summed E-state index contributed by atoms with van der Waals surface area (Å²) >= 11 is 0. The quantitative estimate of drug-likeness (QED) is 0.103. The summed E-state index contributed by atoms with van der Waals surface area (Å²) in [6.07, 6.45) is 8.32. The number of benzene rings is 1. The van der Waals surface area contributed by atoms with Gasteiger partial charge in [0.25, 0.3) is 0 Å². The summed E-state index contributed by atoms with van der Waals surface area (Å²) < 4.78 is 10.8. The minimum absolute atomic E-state index is 0.117. The average molecular weight is 729 g/mol. The maximum atomic E-state index is 13.8. The van der Waals surface area contributed by atoms with Crippen molar-refractivity contribution in [2.75, 3.05) is 0 Å². The Bertz CT molecular complexity index is 1300. The van der Waals surface area contributed by atoms with Crippen LogP contribution in [0.2, 0.25) is 0 Å². The molecule has 1 aromatic rings. The molecule has 4 amide bonds. The van der Waals surface area contributed by atoms with Gasteiger partial charge in [-0.05, 0) is 83.8 Å². The predicted molar refractivity (Wildman–Crippen MR) is 200 cm³/mol. The highest BCUT2D eigenvalue weighted by Crippen LogP contribution is 2.38. The van der Waals surface area contributed by atoms with Crippen LogP contribution in [0.5, 0.6) is 5.75 Å². The molecule has 0 aliphatic heterocycles. The number of nitrogens with one attached hydrogen (secondary N) is 4. The molecule has 1 aromatic carbocycles. The highest BCUT2D eigenvalue weighted by molar-refractivity contribution is 5.94. The number of hydrogen-bond acceptors (Lipinski definition) is 8. The fraction of sp³-hybridized carbons (Fsp3) is 0.700. The van der Waals surface area contributed by atoms with E-state index in [0.717, 1.165) is 44.8 Å². The number of carbonyl (C=O) groups is 6. The fourth-order valence-corrected chi connectivity index (χ4v) is 6.43. The Morgan fingerprint density at radius 3 is 1.96 bits per heavy atom. The summed E-state index contributed by atoms with van der Waals surface area (Å²) in [5, 5.41) is 11.2. The lowest BCUT2D eigenvalue weighted by molar-refractivity contribution is -0.155. The lowest BCUT2D eigenvalue weighted by Crippen LogP contribution is -2.59. The molecule has 0 unspecified atom stereocenters. The van der Waals surface area contributed by atoms with Crippen LogP contribution in [0.4, 0.5) is 4.79 Å². The zero-order chi connectivity index (χ0) is 38.9. The Hall–Kier alpha value is -3.96. The number of esters is 1. The number of amides is 4. The minimum atomic E-state index is -1.24. The van der Waals surface area contributed by atoms with Gasteiger partial charge in [-0.25, -0.2) is 4.79 Å². The molecule has 1 aliphatic rings. The molecule has 52 heavy (non-hydrogen) atoms. The van der Waals surface area contributed by atoms with E-state index in [1.54, 1.807) is 65.0 Å². The largest absolute Gasteiger partial charge is 0.460 e. The molecule has 1 saturated carbocycles. The van der Waals surface area contributed by atoms with Crippen LogP contribution in [0, 0.1) is 17.3 Å². The van der Waals surface area contributed by atoms with Crippen molar-refractivity contribution in [1.29, 1.82) is 0 Å². The second-order valence-electron chi connectivity index (χ2n) is 15.8. The smallest absolute Gasteiger partial charge is 0.413 e. The Labute approximate surface area is 310 Å². The van der Waals surface area contributed by atoms with E-state index in [1.165, 1.54) is 0 Å². The van der Waals surface area contributed by atoms with Crippen molar-refractivity contribution in [3.63, 3.8) is 0 Å². The molecule has 292 valence electrons. The van der Waals surface area contributed by atoms with Crippen molar-refractivity contribution in [3.8, 4) is 5.75 Å². The summed E-state index contributed by atoms with van der Waals surface area (Å²) in [7, 11) is 0. The normalized spacial score (nSPS) is 17.5. The molecule has 12 nitrogen and oxygen atoms in total. The van der Waals surface area contributed by atoms with E-state index >= 15 is 0 Å². The van der Waals surface area contributed by atoms with Gasteiger partial charge in [0.15, 0.2) is 0 Å². The van der Waals surface area contributed by atoms with Crippen LogP contribution in [0.15, 0.2) is 30.3 Å². The maximum Gasteiger partial charge on any atom is 0.413 e. The number of rotatable bonds is 18. The van der Waals surface area contributed by atoms with Crippen LogP contribution < -0.4 is 26.0 Å². The SMILES string of the molecule is CC[C@H](C)[C@H](NC(=O)Oc1ccccc1)C(=O)N[C@@H](CCC(=O)OC(C)(C)C)C(=O)N[C@@H](C)C(=O)N[C@@H](CCC(C)C)C1(C=O)CCCCCCC1. The molecule has 1 fully saturated rings. The monoisotopic (exact) mass is 728 g/mol. The van der Waals surface area contributed by atoms with E-state index in [-0.39, 0.29) is 18.8 Å². The van der Waals surface area contributed by atoms with Gasteiger partial charge in [-0.3, -0.25) is 19.2 Å². The number of aldehydes is 1. The van der Waals surface area contributed by atoms with Gasteiger partial charge in [0.05, 0.1) is 0 Å². The molecule has 4 N–H and O–H groups in total. The van der Waals surface area contributed by atoms with Gasteiger partial charge < -0.3 is 35.5 Å². The lowest BCUT2D eigenvalue weighted by Gasteiger charge is -2.39. The van der Waals surface area contributed by atoms with Gasteiger partial charge in [0, 0.05) is 17.9 Å². The first kappa shape index (κ1) is 44.2. The van der Waals surface area contributed by atoms with Crippen LogP contribution in [-0.4, -0.2) is 65.8 Å². The molecule has 0 spiro atoms. The van der Waals surface area contributed by atoms with Crippen LogP contribution in [0.3, 0.4) is 0 Å². The van der Waals surface area contributed by atoms with Crippen LogP contribution in [-0.2, 0) is 28.7 Å². The first-order chi connectivity index (χ1) is 24.5.